The minimum Gasteiger partial charge on any atom is -0.321 e. The molecule has 1 aliphatic rings. The molecule has 0 radical (unpaired) electrons. The third kappa shape index (κ3) is 2.96. The number of aromatic nitrogens is 1. The summed E-state index contributed by atoms with van der Waals surface area (Å²) in [5.41, 5.74) is 9.01. The zero-order valence-corrected chi connectivity index (χ0v) is 13.0. The molecule has 1 fully saturated rings. The van der Waals surface area contributed by atoms with Crippen LogP contribution in [0.25, 0.3) is 10.9 Å². The molecule has 0 spiro atoms. The van der Waals surface area contributed by atoms with Gasteiger partial charge in [0, 0.05) is 17.1 Å². The first-order chi connectivity index (χ1) is 10.2. The lowest BCUT2D eigenvalue weighted by Gasteiger charge is -2.29. The molecule has 1 aliphatic carbocycles. The van der Waals surface area contributed by atoms with Gasteiger partial charge in [-0.1, -0.05) is 56.9 Å². The molecule has 2 heteroatoms. The van der Waals surface area contributed by atoms with Crippen molar-refractivity contribution >= 4 is 10.9 Å². The predicted octanol–water partition coefficient (Wildman–Crippen LogP) is 4.77. The summed E-state index contributed by atoms with van der Waals surface area (Å²) in [5, 5.41) is 1.20. The smallest absolute Gasteiger partial charge is 0.0752 e. The molecular formula is C19H26N2. The lowest BCUT2D eigenvalue weighted by Crippen LogP contribution is -2.36. The van der Waals surface area contributed by atoms with Gasteiger partial charge in [0.15, 0.2) is 0 Å². The maximum atomic E-state index is 6.86. The Hall–Kier alpha value is -1.41. The van der Waals surface area contributed by atoms with Crippen LogP contribution in [0, 0.1) is 5.92 Å². The van der Waals surface area contributed by atoms with Gasteiger partial charge in [0.2, 0.25) is 0 Å². The van der Waals surface area contributed by atoms with Gasteiger partial charge in [-0.3, -0.25) is 4.98 Å². The zero-order valence-electron chi connectivity index (χ0n) is 13.0. The molecule has 3 rings (SSSR count). The molecule has 0 aliphatic heterocycles. The number of benzene rings is 1. The van der Waals surface area contributed by atoms with Gasteiger partial charge in [-0.25, -0.2) is 0 Å². The van der Waals surface area contributed by atoms with Crippen molar-refractivity contribution in [3.63, 3.8) is 0 Å². The van der Waals surface area contributed by atoms with Crippen molar-refractivity contribution in [1.82, 2.24) is 4.98 Å². The van der Waals surface area contributed by atoms with Crippen LogP contribution in [0.4, 0.5) is 0 Å². The fraction of sp³-hybridized carbons (Fsp3) is 0.526. The number of hydrogen-bond donors (Lipinski definition) is 1. The van der Waals surface area contributed by atoms with Gasteiger partial charge in [0.05, 0.1) is 5.52 Å². The SMILES string of the molecule is CCCC1CCCC(N)(c2cccc3cccnc23)CC1. The molecule has 1 saturated carbocycles. The molecule has 2 N–H and O–H groups in total. The first-order valence-electron chi connectivity index (χ1n) is 8.36. The average molecular weight is 282 g/mol. The Morgan fingerprint density at radius 2 is 2.05 bits per heavy atom. The van der Waals surface area contributed by atoms with E-state index in [1.807, 2.05) is 12.3 Å². The van der Waals surface area contributed by atoms with Gasteiger partial charge < -0.3 is 5.73 Å². The summed E-state index contributed by atoms with van der Waals surface area (Å²) in [5.74, 6) is 0.864. The number of hydrogen-bond acceptors (Lipinski definition) is 2. The Balaban J connectivity index is 1.93. The van der Waals surface area contributed by atoms with E-state index in [4.69, 9.17) is 5.73 Å². The van der Waals surface area contributed by atoms with Gasteiger partial charge in [0.25, 0.3) is 0 Å². The lowest BCUT2D eigenvalue weighted by atomic mass is 9.82. The average Bonchev–Trinajstić information content (AvgIpc) is 2.70. The molecule has 2 unspecified atom stereocenters. The van der Waals surface area contributed by atoms with Crippen molar-refractivity contribution in [3.8, 4) is 0 Å². The van der Waals surface area contributed by atoms with E-state index in [-0.39, 0.29) is 5.54 Å². The van der Waals surface area contributed by atoms with Crippen LogP contribution in [0.15, 0.2) is 36.5 Å². The third-order valence-corrected chi connectivity index (χ3v) is 5.10. The third-order valence-electron chi connectivity index (χ3n) is 5.10. The van der Waals surface area contributed by atoms with Crippen LogP contribution in [0.2, 0.25) is 0 Å². The van der Waals surface area contributed by atoms with Crippen molar-refractivity contribution in [2.24, 2.45) is 11.7 Å². The fourth-order valence-corrected chi connectivity index (χ4v) is 3.91. The molecule has 112 valence electrons. The summed E-state index contributed by atoms with van der Waals surface area (Å²) in [7, 11) is 0. The van der Waals surface area contributed by atoms with Crippen molar-refractivity contribution in [3.05, 3.63) is 42.1 Å². The normalized spacial score (nSPS) is 26.7. The molecule has 21 heavy (non-hydrogen) atoms. The zero-order chi connectivity index (χ0) is 14.7. The molecule has 1 heterocycles. The van der Waals surface area contributed by atoms with E-state index in [2.05, 4.69) is 36.2 Å². The van der Waals surface area contributed by atoms with Gasteiger partial charge in [0.1, 0.15) is 0 Å². The Morgan fingerprint density at radius 1 is 1.19 bits per heavy atom. The second kappa shape index (κ2) is 6.15. The van der Waals surface area contributed by atoms with Crippen molar-refractivity contribution in [2.75, 3.05) is 0 Å². The van der Waals surface area contributed by atoms with Crippen LogP contribution in [-0.2, 0) is 5.54 Å². The molecule has 0 bridgehead atoms. The second-order valence-corrected chi connectivity index (χ2v) is 6.62. The summed E-state index contributed by atoms with van der Waals surface area (Å²) in [6.45, 7) is 2.29. The Bertz CT molecular complexity index is 602. The summed E-state index contributed by atoms with van der Waals surface area (Å²) >= 11 is 0. The van der Waals surface area contributed by atoms with E-state index < -0.39 is 0 Å². The van der Waals surface area contributed by atoms with Gasteiger partial charge >= 0.3 is 0 Å². The lowest BCUT2D eigenvalue weighted by molar-refractivity contribution is 0.369. The predicted molar refractivity (Wildman–Crippen MR) is 89.1 cm³/mol. The molecule has 0 saturated heterocycles. The largest absolute Gasteiger partial charge is 0.321 e. The maximum Gasteiger partial charge on any atom is 0.0752 e. The summed E-state index contributed by atoms with van der Waals surface area (Å²) in [4.78, 5) is 4.61. The standard InChI is InChI=1S/C19H26N2/c1-2-6-15-7-4-12-19(20,13-11-15)17-10-3-8-16-9-5-14-21-18(16)17/h3,5,8-10,14-15H,2,4,6-7,11-13,20H2,1H3. The van der Waals surface area contributed by atoms with Crippen LogP contribution in [-0.4, -0.2) is 4.98 Å². The molecule has 2 aromatic rings. The van der Waals surface area contributed by atoms with Gasteiger partial charge in [-0.15, -0.1) is 0 Å². The van der Waals surface area contributed by atoms with E-state index in [9.17, 15) is 0 Å². The number of para-hydroxylation sites is 1. The molecule has 1 aromatic carbocycles. The first-order valence-corrected chi connectivity index (χ1v) is 8.36. The quantitative estimate of drug-likeness (QED) is 0.824. The monoisotopic (exact) mass is 282 g/mol. The highest BCUT2D eigenvalue weighted by molar-refractivity contribution is 5.82. The number of pyridine rings is 1. The summed E-state index contributed by atoms with van der Waals surface area (Å²) in [6.07, 6.45) is 10.5. The molecule has 2 nitrogen and oxygen atoms in total. The van der Waals surface area contributed by atoms with E-state index in [1.54, 1.807) is 0 Å². The van der Waals surface area contributed by atoms with E-state index in [1.165, 1.54) is 43.1 Å². The van der Waals surface area contributed by atoms with Gasteiger partial charge in [-0.05, 0) is 36.8 Å². The number of rotatable bonds is 3. The minimum atomic E-state index is -0.198. The van der Waals surface area contributed by atoms with Crippen molar-refractivity contribution < 1.29 is 0 Å². The van der Waals surface area contributed by atoms with Crippen molar-refractivity contribution in [2.45, 2.75) is 57.4 Å². The molecule has 2 atom stereocenters. The van der Waals surface area contributed by atoms with E-state index >= 15 is 0 Å². The minimum absolute atomic E-state index is 0.198. The molecular weight excluding hydrogens is 256 g/mol. The van der Waals surface area contributed by atoms with Crippen LogP contribution in [0.1, 0.15) is 57.4 Å². The first kappa shape index (κ1) is 14.5. The number of nitrogens with two attached hydrogens (primary N) is 1. The Morgan fingerprint density at radius 3 is 2.90 bits per heavy atom. The molecule has 1 aromatic heterocycles. The second-order valence-electron chi connectivity index (χ2n) is 6.62. The Kier molecular flexibility index (Phi) is 4.25. The summed E-state index contributed by atoms with van der Waals surface area (Å²) < 4.78 is 0. The Labute approximate surface area is 127 Å². The van der Waals surface area contributed by atoms with E-state index in [0.717, 1.165) is 24.3 Å². The van der Waals surface area contributed by atoms with Gasteiger partial charge in [-0.2, -0.15) is 0 Å². The highest BCUT2D eigenvalue weighted by Crippen LogP contribution is 2.39. The van der Waals surface area contributed by atoms with E-state index in [0.29, 0.717) is 0 Å². The van der Waals surface area contributed by atoms with Crippen LogP contribution in [0.5, 0.6) is 0 Å². The summed E-state index contributed by atoms with van der Waals surface area (Å²) in [6, 6.07) is 10.6. The number of fused-ring (bicyclic) bond motifs is 1. The van der Waals surface area contributed by atoms with Crippen LogP contribution in [0.3, 0.4) is 0 Å². The molecule has 0 amide bonds. The van der Waals surface area contributed by atoms with Crippen LogP contribution < -0.4 is 5.73 Å². The van der Waals surface area contributed by atoms with Crippen molar-refractivity contribution in [1.29, 1.82) is 0 Å². The fourth-order valence-electron chi connectivity index (χ4n) is 3.91. The highest BCUT2D eigenvalue weighted by atomic mass is 14.8. The topological polar surface area (TPSA) is 38.9 Å². The number of nitrogens with zero attached hydrogens (tertiary/aromatic N) is 1. The van der Waals surface area contributed by atoms with Crippen LogP contribution >= 0.6 is 0 Å². The highest BCUT2D eigenvalue weighted by Gasteiger charge is 2.32. The maximum absolute atomic E-state index is 6.86.